The number of benzene rings is 2. The van der Waals surface area contributed by atoms with Crippen LogP contribution < -0.4 is 0 Å². The van der Waals surface area contributed by atoms with Crippen LogP contribution in [0.1, 0.15) is 11.1 Å². The first-order valence-electron chi connectivity index (χ1n) is 4.83. The minimum Gasteiger partial charge on any atom is -0.0843 e. The molecule has 0 nitrogen and oxygen atoms in total. The van der Waals surface area contributed by atoms with Crippen molar-refractivity contribution in [3.63, 3.8) is 0 Å². The average Bonchev–Trinajstić information content (AvgIpc) is 2.28. The second kappa shape index (κ2) is 4.81. The zero-order chi connectivity index (χ0) is 10.5. The van der Waals surface area contributed by atoms with Crippen molar-refractivity contribution in [1.82, 2.24) is 0 Å². The van der Waals surface area contributed by atoms with Gasteiger partial charge in [-0.3, -0.25) is 0 Å². The van der Waals surface area contributed by atoms with Gasteiger partial charge in [0.1, 0.15) is 0 Å². The van der Waals surface area contributed by atoms with E-state index < -0.39 is 0 Å². The van der Waals surface area contributed by atoms with E-state index in [1.807, 2.05) is 42.5 Å². The number of hydrogen-bond acceptors (Lipinski definition) is 0. The summed E-state index contributed by atoms with van der Waals surface area (Å²) in [6.45, 7) is 0. The number of halogens is 1. The standard InChI is InChI=1S/C14H11Cl/c15-14-8-4-7-13(11-14)10-9-12-5-2-1-3-6-12/h1-11H/b10-9-. The third-order valence-corrected chi connectivity index (χ3v) is 2.35. The molecule has 0 aliphatic heterocycles. The first-order valence-corrected chi connectivity index (χ1v) is 5.21. The molecular formula is C14H11Cl. The lowest BCUT2D eigenvalue weighted by Crippen LogP contribution is -1.72. The zero-order valence-corrected chi connectivity index (χ0v) is 8.98. The molecule has 0 amide bonds. The van der Waals surface area contributed by atoms with E-state index in [0.29, 0.717) is 0 Å². The lowest BCUT2D eigenvalue weighted by Gasteiger charge is -1.94. The summed E-state index contributed by atoms with van der Waals surface area (Å²) in [4.78, 5) is 0. The summed E-state index contributed by atoms with van der Waals surface area (Å²) in [7, 11) is 0. The molecule has 0 aliphatic carbocycles. The zero-order valence-electron chi connectivity index (χ0n) is 8.23. The molecule has 0 spiro atoms. The van der Waals surface area contributed by atoms with Crippen LogP contribution >= 0.6 is 11.6 Å². The van der Waals surface area contributed by atoms with Crippen molar-refractivity contribution in [3.8, 4) is 0 Å². The van der Waals surface area contributed by atoms with Gasteiger partial charge in [-0.2, -0.15) is 0 Å². The maximum absolute atomic E-state index is 5.89. The van der Waals surface area contributed by atoms with Crippen molar-refractivity contribution in [1.29, 1.82) is 0 Å². The van der Waals surface area contributed by atoms with E-state index in [1.54, 1.807) is 0 Å². The molecular weight excluding hydrogens is 204 g/mol. The molecule has 0 bridgehead atoms. The van der Waals surface area contributed by atoms with Crippen LogP contribution in [0.3, 0.4) is 0 Å². The summed E-state index contributed by atoms with van der Waals surface area (Å²) < 4.78 is 0. The quantitative estimate of drug-likeness (QED) is 0.646. The molecule has 0 heterocycles. The molecule has 0 fully saturated rings. The fraction of sp³-hybridized carbons (Fsp3) is 0. The maximum atomic E-state index is 5.89. The molecule has 2 aromatic rings. The Balaban J connectivity index is 2.19. The van der Waals surface area contributed by atoms with Gasteiger partial charge in [0.15, 0.2) is 0 Å². The molecule has 0 aromatic heterocycles. The Kier molecular flexibility index (Phi) is 3.21. The first kappa shape index (κ1) is 10.0. The SMILES string of the molecule is Clc1cccc(/C=C\c2ccccc2)c1. The van der Waals surface area contributed by atoms with Gasteiger partial charge in [0.2, 0.25) is 0 Å². The van der Waals surface area contributed by atoms with Crippen LogP contribution in [0.5, 0.6) is 0 Å². The molecule has 0 radical (unpaired) electrons. The summed E-state index contributed by atoms with van der Waals surface area (Å²) in [6, 6.07) is 18.0. The normalized spacial score (nSPS) is 10.7. The van der Waals surface area contributed by atoms with Crippen molar-refractivity contribution >= 4 is 23.8 Å². The average molecular weight is 215 g/mol. The lowest BCUT2D eigenvalue weighted by molar-refractivity contribution is 1.64. The van der Waals surface area contributed by atoms with Gasteiger partial charge in [-0.1, -0.05) is 66.2 Å². The van der Waals surface area contributed by atoms with Gasteiger partial charge in [0.25, 0.3) is 0 Å². The molecule has 0 aliphatic rings. The molecule has 0 unspecified atom stereocenters. The first-order chi connectivity index (χ1) is 7.34. The Bertz CT molecular complexity index is 458. The Labute approximate surface area is 94.8 Å². The minimum absolute atomic E-state index is 0.769. The van der Waals surface area contributed by atoms with Crippen LogP contribution in [0.4, 0.5) is 0 Å². The summed E-state index contributed by atoms with van der Waals surface area (Å²) >= 11 is 5.89. The van der Waals surface area contributed by atoms with Crippen molar-refractivity contribution in [2.24, 2.45) is 0 Å². The van der Waals surface area contributed by atoms with E-state index in [-0.39, 0.29) is 0 Å². The third kappa shape index (κ3) is 2.97. The summed E-state index contributed by atoms with van der Waals surface area (Å²) in [5.74, 6) is 0. The van der Waals surface area contributed by atoms with Crippen molar-refractivity contribution in [2.75, 3.05) is 0 Å². The van der Waals surface area contributed by atoms with Crippen LogP contribution in [0.2, 0.25) is 5.02 Å². The highest BCUT2D eigenvalue weighted by Gasteiger charge is 1.89. The fourth-order valence-corrected chi connectivity index (χ4v) is 1.57. The molecule has 0 saturated heterocycles. The highest BCUT2D eigenvalue weighted by molar-refractivity contribution is 6.30. The second-order valence-electron chi connectivity index (χ2n) is 3.30. The smallest absolute Gasteiger partial charge is 0.0411 e. The van der Waals surface area contributed by atoms with Gasteiger partial charge >= 0.3 is 0 Å². The summed E-state index contributed by atoms with van der Waals surface area (Å²) in [5.41, 5.74) is 2.31. The van der Waals surface area contributed by atoms with E-state index in [2.05, 4.69) is 24.3 Å². The monoisotopic (exact) mass is 214 g/mol. The number of hydrogen-bond donors (Lipinski definition) is 0. The maximum Gasteiger partial charge on any atom is 0.0411 e. The Hall–Kier alpha value is -1.53. The Morgan fingerprint density at radius 2 is 1.40 bits per heavy atom. The summed E-state index contributed by atoms with van der Waals surface area (Å²) in [6.07, 6.45) is 4.13. The highest BCUT2D eigenvalue weighted by Crippen LogP contribution is 2.13. The van der Waals surface area contributed by atoms with Gasteiger partial charge < -0.3 is 0 Å². The van der Waals surface area contributed by atoms with E-state index in [0.717, 1.165) is 10.6 Å². The van der Waals surface area contributed by atoms with Crippen LogP contribution in [0.25, 0.3) is 12.2 Å². The molecule has 15 heavy (non-hydrogen) atoms. The van der Waals surface area contributed by atoms with Gasteiger partial charge in [-0.25, -0.2) is 0 Å². The Morgan fingerprint density at radius 1 is 0.733 bits per heavy atom. The van der Waals surface area contributed by atoms with Crippen molar-refractivity contribution in [2.45, 2.75) is 0 Å². The molecule has 0 N–H and O–H groups in total. The summed E-state index contributed by atoms with van der Waals surface area (Å²) in [5, 5.41) is 0.769. The molecule has 74 valence electrons. The fourth-order valence-electron chi connectivity index (χ4n) is 1.37. The van der Waals surface area contributed by atoms with E-state index in [4.69, 9.17) is 11.6 Å². The second-order valence-corrected chi connectivity index (χ2v) is 3.74. The molecule has 2 rings (SSSR count). The van der Waals surface area contributed by atoms with E-state index in [1.165, 1.54) is 5.56 Å². The highest BCUT2D eigenvalue weighted by atomic mass is 35.5. The predicted molar refractivity (Wildman–Crippen MR) is 66.8 cm³/mol. The topological polar surface area (TPSA) is 0 Å². The molecule has 2 aromatic carbocycles. The molecule has 1 heteroatoms. The van der Waals surface area contributed by atoms with E-state index >= 15 is 0 Å². The third-order valence-electron chi connectivity index (χ3n) is 2.12. The van der Waals surface area contributed by atoms with E-state index in [9.17, 15) is 0 Å². The molecule has 0 saturated carbocycles. The van der Waals surface area contributed by atoms with Crippen LogP contribution in [-0.2, 0) is 0 Å². The van der Waals surface area contributed by atoms with Gasteiger partial charge in [0, 0.05) is 5.02 Å². The van der Waals surface area contributed by atoms with Crippen molar-refractivity contribution in [3.05, 3.63) is 70.7 Å². The largest absolute Gasteiger partial charge is 0.0843 e. The van der Waals surface area contributed by atoms with Gasteiger partial charge in [-0.15, -0.1) is 0 Å². The van der Waals surface area contributed by atoms with Gasteiger partial charge in [0.05, 0.1) is 0 Å². The van der Waals surface area contributed by atoms with Crippen LogP contribution in [0.15, 0.2) is 54.6 Å². The van der Waals surface area contributed by atoms with Crippen LogP contribution in [-0.4, -0.2) is 0 Å². The Morgan fingerprint density at radius 3 is 2.13 bits per heavy atom. The predicted octanol–water partition coefficient (Wildman–Crippen LogP) is 4.51. The van der Waals surface area contributed by atoms with Crippen LogP contribution in [0, 0.1) is 0 Å². The van der Waals surface area contributed by atoms with Gasteiger partial charge in [-0.05, 0) is 23.3 Å². The van der Waals surface area contributed by atoms with Crippen molar-refractivity contribution < 1.29 is 0 Å². The molecule has 0 atom stereocenters. The number of rotatable bonds is 2. The minimum atomic E-state index is 0.769. The lowest BCUT2D eigenvalue weighted by atomic mass is 10.1.